The highest BCUT2D eigenvalue weighted by molar-refractivity contribution is 7.18. The summed E-state index contributed by atoms with van der Waals surface area (Å²) in [5.74, 6) is -0.253. The molecule has 7 heteroatoms. The van der Waals surface area contributed by atoms with Crippen molar-refractivity contribution in [3.63, 3.8) is 0 Å². The van der Waals surface area contributed by atoms with Crippen molar-refractivity contribution in [3.8, 4) is 5.75 Å². The molecular weight excluding hydrogens is 412 g/mol. The van der Waals surface area contributed by atoms with Gasteiger partial charge in [0.1, 0.15) is 10.8 Å². The monoisotopic (exact) mass is 438 g/mol. The summed E-state index contributed by atoms with van der Waals surface area (Å²) in [5.41, 5.74) is 1.83. The van der Waals surface area contributed by atoms with Gasteiger partial charge in [-0.3, -0.25) is 4.79 Å². The molecule has 1 saturated carbocycles. The number of amides is 1. The van der Waals surface area contributed by atoms with Gasteiger partial charge in [-0.15, -0.1) is 11.3 Å². The van der Waals surface area contributed by atoms with Gasteiger partial charge >= 0.3 is 5.97 Å². The summed E-state index contributed by atoms with van der Waals surface area (Å²) in [7, 11) is 0. The van der Waals surface area contributed by atoms with Gasteiger partial charge in [0, 0.05) is 6.54 Å². The van der Waals surface area contributed by atoms with E-state index in [2.05, 4.69) is 10.3 Å². The number of carboxylic acids is 1. The van der Waals surface area contributed by atoms with Gasteiger partial charge in [0.15, 0.2) is 0 Å². The van der Waals surface area contributed by atoms with Crippen molar-refractivity contribution in [3.05, 3.63) is 58.6 Å². The topological polar surface area (TPSA) is 88.5 Å². The van der Waals surface area contributed by atoms with Crippen LogP contribution >= 0.6 is 11.3 Å². The Balaban J connectivity index is 1.35. The first kappa shape index (κ1) is 21.3. The molecule has 1 aromatic heterocycles. The fourth-order valence-corrected chi connectivity index (χ4v) is 4.86. The Morgan fingerprint density at radius 3 is 2.68 bits per heavy atom. The van der Waals surface area contributed by atoms with Gasteiger partial charge in [0.05, 0.1) is 28.3 Å². The summed E-state index contributed by atoms with van der Waals surface area (Å²) in [6, 6.07) is 12.5. The Hall–Kier alpha value is -2.93. The number of aromatic carboxylic acids is 1. The lowest BCUT2D eigenvalue weighted by molar-refractivity contribution is -0.120. The molecule has 1 heterocycles. The minimum Gasteiger partial charge on any atom is -0.490 e. The van der Waals surface area contributed by atoms with Crippen LogP contribution < -0.4 is 10.1 Å². The van der Waals surface area contributed by atoms with Crippen LogP contribution in [0, 0.1) is 0 Å². The molecule has 2 N–H and O–H groups in total. The van der Waals surface area contributed by atoms with Crippen LogP contribution in [-0.2, 0) is 17.8 Å². The molecule has 1 fully saturated rings. The maximum absolute atomic E-state index is 12.4. The maximum atomic E-state index is 12.4. The minimum atomic E-state index is -0.981. The quantitative estimate of drug-likeness (QED) is 0.509. The molecule has 0 radical (unpaired) electrons. The Labute approximate surface area is 185 Å². The molecule has 162 valence electrons. The molecule has 0 atom stereocenters. The molecule has 1 amide bonds. The lowest BCUT2D eigenvalue weighted by Crippen LogP contribution is -2.24. The number of carbonyl (C=O) groups excluding carboxylic acids is 1. The van der Waals surface area contributed by atoms with Gasteiger partial charge in [-0.05, 0) is 61.6 Å². The number of carboxylic acid groups (broad SMARTS) is 1. The Morgan fingerprint density at radius 1 is 1.10 bits per heavy atom. The molecule has 3 aromatic rings. The molecule has 31 heavy (non-hydrogen) atoms. The van der Waals surface area contributed by atoms with Crippen molar-refractivity contribution in [2.24, 2.45) is 0 Å². The van der Waals surface area contributed by atoms with Gasteiger partial charge < -0.3 is 15.2 Å². The van der Waals surface area contributed by atoms with Crippen LogP contribution in [0.15, 0.2) is 42.5 Å². The van der Waals surface area contributed by atoms with Crippen molar-refractivity contribution in [1.82, 2.24) is 10.3 Å². The van der Waals surface area contributed by atoms with Crippen molar-refractivity contribution in [2.45, 2.75) is 57.6 Å². The van der Waals surface area contributed by atoms with Crippen molar-refractivity contribution >= 4 is 33.4 Å². The standard InChI is InChI=1S/C24H26N2O4S/c27-22(25-15-16-6-5-7-17(12-16)24(28)29)14-23-26-20-11-10-19(13-21(20)31-23)30-18-8-3-1-2-4-9-18/h5-7,10-13,18H,1-4,8-9,14-15H2,(H,25,27)(H,28,29). The third kappa shape index (κ3) is 5.82. The molecule has 1 aliphatic carbocycles. The van der Waals surface area contributed by atoms with Gasteiger partial charge in [0.2, 0.25) is 5.91 Å². The van der Waals surface area contributed by atoms with Crippen LogP contribution in [0.5, 0.6) is 5.75 Å². The number of hydrogen-bond donors (Lipinski definition) is 2. The molecule has 2 aromatic carbocycles. The number of rotatable bonds is 7. The lowest BCUT2D eigenvalue weighted by atomic mass is 10.1. The van der Waals surface area contributed by atoms with Crippen molar-refractivity contribution in [2.75, 3.05) is 0 Å². The molecule has 6 nitrogen and oxygen atoms in total. The Bertz CT molecular complexity index is 1070. The smallest absolute Gasteiger partial charge is 0.335 e. The van der Waals surface area contributed by atoms with E-state index >= 15 is 0 Å². The molecule has 4 rings (SSSR count). The summed E-state index contributed by atoms with van der Waals surface area (Å²) in [6.45, 7) is 0.282. The lowest BCUT2D eigenvalue weighted by Gasteiger charge is -2.16. The average Bonchev–Trinajstić information content (AvgIpc) is 2.97. The van der Waals surface area contributed by atoms with Crippen LogP contribution in [0.4, 0.5) is 0 Å². The molecular formula is C24H26N2O4S. The van der Waals surface area contributed by atoms with Gasteiger partial charge in [-0.2, -0.15) is 0 Å². The fraction of sp³-hybridized carbons (Fsp3) is 0.375. The second-order valence-corrected chi connectivity index (χ2v) is 9.04. The van der Waals surface area contributed by atoms with Gasteiger partial charge in [-0.1, -0.05) is 25.0 Å². The first-order chi connectivity index (χ1) is 15.1. The third-order valence-electron chi connectivity index (χ3n) is 5.48. The maximum Gasteiger partial charge on any atom is 0.335 e. The number of thiazole rings is 1. The van der Waals surface area contributed by atoms with Crippen LogP contribution in [0.3, 0.4) is 0 Å². The zero-order chi connectivity index (χ0) is 21.6. The number of aromatic nitrogens is 1. The van der Waals surface area contributed by atoms with Crippen molar-refractivity contribution < 1.29 is 19.4 Å². The van der Waals surface area contributed by atoms with Crippen LogP contribution in [-0.4, -0.2) is 28.1 Å². The molecule has 0 aliphatic heterocycles. The number of ether oxygens (including phenoxy) is 1. The number of fused-ring (bicyclic) bond motifs is 1. The van der Waals surface area contributed by atoms with E-state index < -0.39 is 5.97 Å². The van der Waals surface area contributed by atoms with E-state index in [9.17, 15) is 9.59 Å². The SMILES string of the molecule is O=C(Cc1nc2ccc(OC3CCCCCC3)cc2s1)NCc1cccc(C(=O)O)c1. The van der Waals surface area contributed by atoms with E-state index in [1.54, 1.807) is 18.2 Å². The average molecular weight is 439 g/mol. The van der Waals surface area contributed by atoms with E-state index in [-0.39, 0.29) is 30.5 Å². The fourth-order valence-electron chi connectivity index (χ4n) is 3.87. The second-order valence-electron chi connectivity index (χ2n) is 7.93. The van der Waals surface area contributed by atoms with Crippen LogP contribution in [0.1, 0.15) is 59.5 Å². The molecule has 0 saturated heterocycles. The highest BCUT2D eigenvalue weighted by atomic mass is 32.1. The third-order valence-corrected chi connectivity index (χ3v) is 6.50. The molecule has 0 unspecified atom stereocenters. The molecule has 1 aliphatic rings. The van der Waals surface area contributed by atoms with E-state index in [1.165, 1.54) is 43.1 Å². The van der Waals surface area contributed by atoms with Crippen molar-refractivity contribution in [1.29, 1.82) is 0 Å². The number of benzene rings is 2. The zero-order valence-electron chi connectivity index (χ0n) is 17.3. The summed E-state index contributed by atoms with van der Waals surface area (Å²) < 4.78 is 7.22. The van der Waals surface area contributed by atoms with E-state index in [0.717, 1.165) is 39.4 Å². The molecule has 0 bridgehead atoms. The first-order valence-electron chi connectivity index (χ1n) is 10.7. The molecule has 0 spiro atoms. The Morgan fingerprint density at radius 2 is 1.90 bits per heavy atom. The number of carbonyl (C=O) groups is 2. The van der Waals surface area contributed by atoms with Gasteiger partial charge in [0.25, 0.3) is 0 Å². The Kier molecular flexibility index (Phi) is 6.82. The van der Waals surface area contributed by atoms with E-state index in [1.807, 2.05) is 18.2 Å². The van der Waals surface area contributed by atoms with E-state index in [4.69, 9.17) is 9.84 Å². The summed E-state index contributed by atoms with van der Waals surface area (Å²) in [6.07, 6.45) is 7.76. The normalized spacial score (nSPS) is 14.8. The predicted molar refractivity (Wildman–Crippen MR) is 121 cm³/mol. The largest absolute Gasteiger partial charge is 0.490 e. The summed E-state index contributed by atoms with van der Waals surface area (Å²) >= 11 is 1.50. The number of hydrogen-bond acceptors (Lipinski definition) is 5. The van der Waals surface area contributed by atoms with Gasteiger partial charge in [-0.25, -0.2) is 9.78 Å². The highest BCUT2D eigenvalue weighted by Gasteiger charge is 2.15. The minimum absolute atomic E-state index is 0.144. The summed E-state index contributed by atoms with van der Waals surface area (Å²) in [4.78, 5) is 28.0. The second kappa shape index (κ2) is 9.92. The highest BCUT2D eigenvalue weighted by Crippen LogP contribution is 2.29. The summed E-state index contributed by atoms with van der Waals surface area (Å²) in [5, 5.41) is 12.7. The number of nitrogens with zero attached hydrogens (tertiary/aromatic N) is 1. The number of nitrogens with one attached hydrogen (secondary N) is 1. The first-order valence-corrected chi connectivity index (χ1v) is 11.5. The van der Waals surface area contributed by atoms with Crippen LogP contribution in [0.2, 0.25) is 0 Å². The van der Waals surface area contributed by atoms with E-state index in [0.29, 0.717) is 0 Å². The predicted octanol–water partition coefficient (Wildman–Crippen LogP) is 4.96. The zero-order valence-corrected chi connectivity index (χ0v) is 18.1. The van der Waals surface area contributed by atoms with Crippen LogP contribution in [0.25, 0.3) is 10.2 Å².